The van der Waals surface area contributed by atoms with Crippen LogP contribution in [-0.2, 0) is 4.74 Å². The molecule has 0 bridgehead atoms. The molecule has 2 fully saturated rings. The van der Waals surface area contributed by atoms with Gasteiger partial charge in [0.05, 0.1) is 22.9 Å². The van der Waals surface area contributed by atoms with Gasteiger partial charge in [-0.15, -0.1) is 0 Å². The van der Waals surface area contributed by atoms with Crippen LogP contribution in [0.4, 0.5) is 5.69 Å². The fourth-order valence-corrected chi connectivity index (χ4v) is 3.81. The van der Waals surface area contributed by atoms with E-state index in [0.29, 0.717) is 18.4 Å². The quantitative estimate of drug-likeness (QED) is 0.456. The van der Waals surface area contributed by atoms with Gasteiger partial charge in [0.15, 0.2) is 11.5 Å². The molecule has 26 heavy (non-hydrogen) atoms. The number of piperidine rings is 1. The Bertz CT molecular complexity index is 656. The predicted octanol–water partition coefficient (Wildman–Crippen LogP) is 1.81. The van der Waals surface area contributed by atoms with Crippen LogP contribution in [0.25, 0.3) is 0 Å². The van der Waals surface area contributed by atoms with Crippen LogP contribution >= 0.6 is 11.6 Å². The summed E-state index contributed by atoms with van der Waals surface area (Å²) >= 11 is 5.88. The van der Waals surface area contributed by atoms with E-state index in [-0.39, 0.29) is 16.3 Å². The number of carbonyl (C=O) groups is 1. The number of nitrogens with one attached hydrogen (secondary N) is 1. The lowest BCUT2D eigenvalue weighted by Crippen LogP contribution is -2.40. The number of halogens is 1. The first-order valence-corrected chi connectivity index (χ1v) is 9.41. The molecule has 1 amide bonds. The molecule has 144 valence electrons. The molecule has 8 heteroatoms. The molecule has 1 unspecified atom stereocenters. The second-order valence-electron chi connectivity index (χ2n) is 7.20. The van der Waals surface area contributed by atoms with Crippen LogP contribution in [0, 0.1) is 11.8 Å². The number of aromatic hydroxyl groups is 2. The van der Waals surface area contributed by atoms with Crippen molar-refractivity contribution in [2.24, 2.45) is 11.8 Å². The average molecular weight is 384 g/mol. The van der Waals surface area contributed by atoms with E-state index in [2.05, 4.69) is 10.2 Å². The Balaban J connectivity index is 1.47. The zero-order chi connectivity index (χ0) is 18.7. The number of amides is 1. The summed E-state index contributed by atoms with van der Waals surface area (Å²) in [5, 5.41) is 22.5. The maximum Gasteiger partial charge on any atom is 0.255 e. The molecule has 0 aliphatic carbocycles. The molecular weight excluding hydrogens is 358 g/mol. The Morgan fingerprint density at radius 1 is 1.27 bits per heavy atom. The molecule has 1 aromatic rings. The van der Waals surface area contributed by atoms with Gasteiger partial charge in [0.2, 0.25) is 0 Å². The minimum Gasteiger partial charge on any atom is -0.504 e. The average Bonchev–Trinajstić information content (AvgIpc) is 3.15. The minimum atomic E-state index is -0.563. The van der Waals surface area contributed by atoms with Gasteiger partial charge in [-0.25, -0.2) is 0 Å². The third-order valence-corrected chi connectivity index (χ3v) is 5.62. The number of carbonyl (C=O) groups excluding carboxylic acids is 1. The fraction of sp³-hybridized carbons (Fsp3) is 0.611. The number of nitrogens with two attached hydrogens (primary N) is 1. The van der Waals surface area contributed by atoms with Crippen molar-refractivity contribution < 1.29 is 19.7 Å². The van der Waals surface area contributed by atoms with Gasteiger partial charge in [0.25, 0.3) is 5.91 Å². The summed E-state index contributed by atoms with van der Waals surface area (Å²) in [5.74, 6) is -0.526. The first-order valence-electron chi connectivity index (χ1n) is 9.04. The third kappa shape index (κ3) is 4.34. The number of benzene rings is 1. The van der Waals surface area contributed by atoms with E-state index in [1.165, 1.54) is 6.07 Å². The van der Waals surface area contributed by atoms with Crippen LogP contribution < -0.4 is 11.1 Å². The molecule has 0 spiro atoms. The highest BCUT2D eigenvalue weighted by atomic mass is 35.5. The Hall–Kier alpha value is -1.70. The summed E-state index contributed by atoms with van der Waals surface area (Å²) < 4.78 is 5.43. The number of rotatable bonds is 5. The monoisotopic (exact) mass is 383 g/mol. The maximum atomic E-state index is 12.3. The Labute approximate surface area is 158 Å². The van der Waals surface area contributed by atoms with Gasteiger partial charge in [-0.1, -0.05) is 11.6 Å². The molecule has 2 heterocycles. The molecule has 7 nitrogen and oxygen atoms in total. The van der Waals surface area contributed by atoms with Crippen molar-refractivity contribution in [3.05, 3.63) is 16.7 Å². The van der Waals surface area contributed by atoms with Crippen molar-refractivity contribution in [1.29, 1.82) is 0 Å². The van der Waals surface area contributed by atoms with Gasteiger partial charge in [0, 0.05) is 19.7 Å². The van der Waals surface area contributed by atoms with Crippen molar-refractivity contribution >= 4 is 23.2 Å². The Morgan fingerprint density at radius 3 is 2.65 bits per heavy atom. The van der Waals surface area contributed by atoms with E-state index in [9.17, 15) is 15.0 Å². The number of phenols is 2. The topological polar surface area (TPSA) is 108 Å². The summed E-state index contributed by atoms with van der Waals surface area (Å²) in [7, 11) is 0. The van der Waals surface area contributed by atoms with Crippen LogP contribution in [0.2, 0.25) is 5.02 Å². The van der Waals surface area contributed by atoms with Gasteiger partial charge in [0.1, 0.15) is 0 Å². The van der Waals surface area contributed by atoms with Crippen molar-refractivity contribution in [3.63, 3.8) is 0 Å². The smallest absolute Gasteiger partial charge is 0.255 e. The van der Waals surface area contributed by atoms with Gasteiger partial charge in [-0.3, -0.25) is 4.79 Å². The second-order valence-corrected chi connectivity index (χ2v) is 7.61. The molecule has 0 aromatic heterocycles. The molecule has 0 saturated carbocycles. The lowest BCUT2D eigenvalue weighted by Gasteiger charge is -2.33. The molecule has 0 radical (unpaired) electrons. The van der Waals surface area contributed by atoms with Crippen LogP contribution in [0.1, 0.15) is 29.6 Å². The highest BCUT2D eigenvalue weighted by Crippen LogP contribution is 2.39. The number of phenolic OH excluding ortho intramolecular Hbond substituents is 2. The standard InChI is InChI=1S/C18H26ClN3O4/c19-14-7-13(16(23)17(24)15(14)20)18(25)21-8-11-1-4-22(5-2-11)9-12-3-6-26-10-12/h7,11-12,23-24H,1-6,8-10,20H2,(H,21,25). The molecule has 1 aromatic carbocycles. The molecule has 2 aliphatic heterocycles. The van der Waals surface area contributed by atoms with E-state index >= 15 is 0 Å². The molecule has 3 rings (SSSR count). The number of hydrogen-bond donors (Lipinski definition) is 4. The molecule has 2 saturated heterocycles. The largest absolute Gasteiger partial charge is 0.504 e. The van der Waals surface area contributed by atoms with Gasteiger partial charge in [-0.05, 0) is 50.3 Å². The lowest BCUT2D eigenvalue weighted by atomic mass is 9.95. The molecule has 1 atom stereocenters. The third-order valence-electron chi connectivity index (χ3n) is 5.31. The zero-order valence-corrected chi connectivity index (χ0v) is 15.5. The van der Waals surface area contributed by atoms with Gasteiger partial charge >= 0.3 is 0 Å². The Kier molecular flexibility index (Phi) is 6.11. The van der Waals surface area contributed by atoms with Gasteiger partial charge in [-0.2, -0.15) is 0 Å². The molecule has 2 aliphatic rings. The number of anilines is 1. The lowest BCUT2D eigenvalue weighted by molar-refractivity contribution is 0.0928. The summed E-state index contributed by atoms with van der Waals surface area (Å²) in [5.41, 5.74) is 5.32. The first kappa shape index (κ1) is 19.1. The minimum absolute atomic E-state index is 0.0367. The van der Waals surface area contributed by atoms with Crippen molar-refractivity contribution in [1.82, 2.24) is 10.2 Å². The van der Waals surface area contributed by atoms with Crippen LogP contribution in [0.5, 0.6) is 11.5 Å². The van der Waals surface area contributed by atoms with Crippen molar-refractivity contribution in [2.45, 2.75) is 19.3 Å². The van der Waals surface area contributed by atoms with E-state index in [4.69, 9.17) is 22.1 Å². The van der Waals surface area contributed by atoms with E-state index in [0.717, 1.165) is 52.1 Å². The molecular formula is C18H26ClN3O4. The second kappa shape index (κ2) is 8.33. The Morgan fingerprint density at radius 2 is 2.00 bits per heavy atom. The van der Waals surface area contributed by atoms with Crippen LogP contribution in [0.15, 0.2) is 6.07 Å². The van der Waals surface area contributed by atoms with Crippen LogP contribution in [-0.4, -0.2) is 60.4 Å². The highest BCUT2D eigenvalue weighted by molar-refractivity contribution is 6.34. The van der Waals surface area contributed by atoms with Gasteiger partial charge < -0.3 is 30.9 Å². The zero-order valence-electron chi connectivity index (χ0n) is 14.7. The number of nitrogens with zero attached hydrogens (tertiary/aromatic N) is 1. The normalized spacial score (nSPS) is 21.8. The van der Waals surface area contributed by atoms with E-state index in [1.807, 2.05) is 0 Å². The summed E-state index contributed by atoms with van der Waals surface area (Å²) in [6, 6.07) is 1.27. The SMILES string of the molecule is Nc1c(Cl)cc(C(=O)NCC2CCN(CC3CCOC3)CC2)c(O)c1O. The van der Waals surface area contributed by atoms with Crippen LogP contribution in [0.3, 0.4) is 0 Å². The van der Waals surface area contributed by atoms with Crippen molar-refractivity contribution in [3.8, 4) is 11.5 Å². The summed E-state index contributed by atoms with van der Waals surface area (Å²) in [6.07, 6.45) is 3.19. The number of ether oxygens (including phenoxy) is 1. The number of nitrogen functional groups attached to an aromatic ring is 1. The highest BCUT2D eigenvalue weighted by Gasteiger charge is 2.25. The van der Waals surface area contributed by atoms with Crippen molar-refractivity contribution in [2.75, 3.05) is 45.1 Å². The van der Waals surface area contributed by atoms with E-state index in [1.54, 1.807) is 0 Å². The number of likely N-dealkylation sites (tertiary alicyclic amines) is 1. The molecule has 5 N–H and O–H groups in total. The number of hydrogen-bond acceptors (Lipinski definition) is 6. The maximum absolute atomic E-state index is 12.3. The summed E-state index contributed by atoms with van der Waals surface area (Å²) in [6.45, 7) is 5.42. The van der Waals surface area contributed by atoms with E-state index < -0.39 is 17.4 Å². The first-order chi connectivity index (χ1) is 12.5. The predicted molar refractivity (Wildman–Crippen MR) is 99.6 cm³/mol. The fourth-order valence-electron chi connectivity index (χ4n) is 3.61. The summed E-state index contributed by atoms with van der Waals surface area (Å²) in [4.78, 5) is 14.8.